The first kappa shape index (κ1) is 14.0. The van der Waals surface area contributed by atoms with Crippen LogP contribution in [-0.2, 0) is 11.2 Å². The first-order valence-electron chi connectivity index (χ1n) is 7.35. The van der Waals surface area contributed by atoms with Gasteiger partial charge < -0.3 is 14.4 Å². The van der Waals surface area contributed by atoms with Crippen LogP contribution >= 0.6 is 0 Å². The van der Waals surface area contributed by atoms with Crippen molar-refractivity contribution >= 4 is 6.29 Å². The first-order chi connectivity index (χ1) is 10.2. The van der Waals surface area contributed by atoms with Gasteiger partial charge in [-0.25, -0.2) is 0 Å². The highest BCUT2D eigenvalue weighted by atomic mass is 16.5. The van der Waals surface area contributed by atoms with Crippen molar-refractivity contribution in [1.82, 2.24) is 4.90 Å². The van der Waals surface area contributed by atoms with Crippen LogP contribution in [0.15, 0.2) is 23.9 Å². The van der Waals surface area contributed by atoms with Gasteiger partial charge in [-0.2, -0.15) is 0 Å². The van der Waals surface area contributed by atoms with E-state index >= 15 is 0 Å². The van der Waals surface area contributed by atoms with Gasteiger partial charge in [-0.05, 0) is 42.0 Å². The number of rotatable bonds is 3. The molecule has 1 aromatic rings. The quantitative estimate of drug-likeness (QED) is 0.801. The van der Waals surface area contributed by atoms with Crippen LogP contribution in [0.4, 0.5) is 0 Å². The first-order valence-corrected chi connectivity index (χ1v) is 7.35. The van der Waals surface area contributed by atoms with E-state index in [-0.39, 0.29) is 0 Å². The van der Waals surface area contributed by atoms with Crippen molar-refractivity contribution in [3.63, 3.8) is 0 Å². The molecule has 2 atom stereocenters. The number of benzene rings is 1. The molecule has 3 rings (SSSR count). The van der Waals surface area contributed by atoms with Crippen molar-refractivity contribution < 1.29 is 14.3 Å². The minimum Gasteiger partial charge on any atom is -0.493 e. The number of allylic oxidation sites excluding steroid dienone is 1. The molecule has 2 heterocycles. The van der Waals surface area contributed by atoms with Crippen molar-refractivity contribution in [2.45, 2.75) is 25.8 Å². The SMILES string of the molecule is COc1cc2c(cc1OC)[C@H]1C[C@@H](C)C(C=O)=CN1CC2. The zero-order valence-corrected chi connectivity index (χ0v) is 12.8. The smallest absolute Gasteiger partial charge is 0.161 e. The fourth-order valence-corrected chi connectivity index (χ4v) is 3.40. The van der Waals surface area contributed by atoms with E-state index in [0.29, 0.717) is 12.0 Å². The fraction of sp³-hybridized carbons (Fsp3) is 0.471. The summed E-state index contributed by atoms with van der Waals surface area (Å²) in [6, 6.07) is 4.51. The summed E-state index contributed by atoms with van der Waals surface area (Å²) in [7, 11) is 3.33. The Morgan fingerprint density at radius 1 is 1.24 bits per heavy atom. The molecule has 2 aliphatic rings. The van der Waals surface area contributed by atoms with Crippen LogP contribution in [0.5, 0.6) is 11.5 Å². The van der Waals surface area contributed by atoms with Crippen molar-refractivity contribution in [3.05, 3.63) is 35.0 Å². The lowest BCUT2D eigenvalue weighted by atomic mass is 9.82. The summed E-state index contributed by atoms with van der Waals surface area (Å²) in [4.78, 5) is 13.4. The Morgan fingerprint density at radius 2 is 1.95 bits per heavy atom. The average molecular weight is 287 g/mol. The predicted molar refractivity (Wildman–Crippen MR) is 80.6 cm³/mol. The minimum atomic E-state index is 0.294. The van der Waals surface area contributed by atoms with Crippen LogP contribution in [0.3, 0.4) is 0 Å². The van der Waals surface area contributed by atoms with Gasteiger partial charge in [-0.1, -0.05) is 6.92 Å². The third-order valence-corrected chi connectivity index (χ3v) is 4.64. The molecule has 4 nitrogen and oxygen atoms in total. The Balaban J connectivity index is 2.03. The number of hydrogen-bond donors (Lipinski definition) is 0. The van der Waals surface area contributed by atoms with E-state index in [1.807, 2.05) is 6.20 Å². The molecular formula is C17H21NO3. The van der Waals surface area contributed by atoms with Crippen LogP contribution in [0.2, 0.25) is 0 Å². The Bertz CT molecular complexity index is 594. The Hall–Kier alpha value is -1.97. The van der Waals surface area contributed by atoms with Gasteiger partial charge in [0.05, 0.1) is 20.3 Å². The lowest BCUT2D eigenvalue weighted by molar-refractivity contribution is -0.105. The van der Waals surface area contributed by atoms with Crippen molar-refractivity contribution in [3.8, 4) is 11.5 Å². The van der Waals surface area contributed by atoms with E-state index < -0.39 is 0 Å². The second kappa shape index (κ2) is 5.43. The third kappa shape index (κ3) is 2.28. The lowest BCUT2D eigenvalue weighted by Crippen LogP contribution is -2.36. The van der Waals surface area contributed by atoms with E-state index in [0.717, 1.165) is 42.7 Å². The summed E-state index contributed by atoms with van der Waals surface area (Å²) in [5, 5.41) is 0. The normalized spacial score (nSPS) is 23.8. The number of aldehydes is 1. The molecule has 0 saturated carbocycles. The molecule has 0 unspecified atom stereocenters. The van der Waals surface area contributed by atoms with Crippen LogP contribution < -0.4 is 9.47 Å². The average Bonchev–Trinajstić information content (AvgIpc) is 2.52. The summed E-state index contributed by atoms with van der Waals surface area (Å²) >= 11 is 0. The molecule has 0 bridgehead atoms. The van der Waals surface area contributed by atoms with Crippen LogP contribution in [0.25, 0.3) is 0 Å². The maximum Gasteiger partial charge on any atom is 0.161 e. The summed E-state index contributed by atoms with van der Waals surface area (Å²) in [5.41, 5.74) is 3.52. The number of methoxy groups -OCH3 is 2. The molecule has 0 aromatic heterocycles. The Labute approximate surface area is 125 Å². The van der Waals surface area contributed by atoms with Gasteiger partial charge in [0.15, 0.2) is 11.5 Å². The van der Waals surface area contributed by atoms with Crippen LogP contribution in [-0.4, -0.2) is 32.0 Å². The van der Waals surface area contributed by atoms with Crippen molar-refractivity contribution in [2.75, 3.05) is 20.8 Å². The second-order valence-electron chi connectivity index (χ2n) is 5.79. The lowest BCUT2D eigenvalue weighted by Gasteiger charge is -2.42. The van der Waals surface area contributed by atoms with E-state index in [1.165, 1.54) is 11.1 Å². The molecule has 112 valence electrons. The van der Waals surface area contributed by atoms with Crippen LogP contribution in [0.1, 0.15) is 30.5 Å². The van der Waals surface area contributed by atoms with E-state index in [1.54, 1.807) is 14.2 Å². The Morgan fingerprint density at radius 3 is 2.62 bits per heavy atom. The molecule has 0 radical (unpaired) electrons. The summed E-state index contributed by atoms with van der Waals surface area (Å²) in [6.45, 7) is 3.06. The number of nitrogens with zero attached hydrogens (tertiary/aromatic N) is 1. The topological polar surface area (TPSA) is 38.8 Å². The van der Waals surface area contributed by atoms with E-state index in [9.17, 15) is 4.79 Å². The monoisotopic (exact) mass is 287 g/mol. The number of carbonyl (C=O) groups is 1. The second-order valence-corrected chi connectivity index (χ2v) is 5.79. The minimum absolute atomic E-state index is 0.294. The van der Waals surface area contributed by atoms with Crippen molar-refractivity contribution in [1.29, 1.82) is 0 Å². The number of fused-ring (bicyclic) bond motifs is 3. The Kier molecular flexibility index (Phi) is 3.62. The number of hydrogen-bond acceptors (Lipinski definition) is 4. The molecule has 0 saturated heterocycles. The highest BCUT2D eigenvalue weighted by Gasteiger charge is 2.32. The van der Waals surface area contributed by atoms with Gasteiger partial charge in [0.1, 0.15) is 6.29 Å². The zero-order chi connectivity index (χ0) is 15.0. The van der Waals surface area contributed by atoms with Crippen LogP contribution in [0, 0.1) is 5.92 Å². The highest BCUT2D eigenvalue weighted by Crippen LogP contribution is 2.43. The summed E-state index contributed by atoms with van der Waals surface area (Å²) in [5.74, 6) is 1.86. The summed E-state index contributed by atoms with van der Waals surface area (Å²) < 4.78 is 10.8. The molecule has 1 aromatic carbocycles. The molecule has 2 aliphatic heterocycles. The molecule has 0 aliphatic carbocycles. The molecular weight excluding hydrogens is 266 g/mol. The largest absolute Gasteiger partial charge is 0.493 e. The maximum absolute atomic E-state index is 11.1. The number of carbonyl (C=O) groups excluding carboxylic acids is 1. The van der Waals surface area contributed by atoms with Gasteiger partial charge in [0.2, 0.25) is 0 Å². The van der Waals surface area contributed by atoms with Crippen molar-refractivity contribution in [2.24, 2.45) is 5.92 Å². The third-order valence-electron chi connectivity index (χ3n) is 4.64. The molecule has 0 amide bonds. The number of ether oxygens (including phenoxy) is 2. The van der Waals surface area contributed by atoms with E-state index in [4.69, 9.17) is 9.47 Å². The molecule has 0 fully saturated rings. The van der Waals surface area contributed by atoms with E-state index in [2.05, 4.69) is 24.0 Å². The van der Waals surface area contributed by atoms with Gasteiger partial charge in [0, 0.05) is 18.3 Å². The molecule has 0 N–H and O–H groups in total. The standard InChI is InChI=1S/C17H21NO3/c1-11-6-15-14-8-17(21-3)16(20-2)7-12(14)4-5-18(15)9-13(11)10-19/h7-11,15H,4-6H2,1-3H3/t11-,15-/m1/s1. The summed E-state index contributed by atoms with van der Waals surface area (Å²) in [6.07, 6.45) is 4.95. The maximum atomic E-state index is 11.1. The van der Waals surface area contributed by atoms with Gasteiger partial charge in [-0.3, -0.25) is 4.79 Å². The van der Waals surface area contributed by atoms with Gasteiger partial charge >= 0.3 is 0 Å². The highest BCUT2D eigenvalue weighted by molar-refractivity contribution is 5.74. The van der Waals surface area contributed by atoms with Gasteiger partial charge in [-0.15, -0.1) is 0 Å². The molecule has 21 heavy (non-hydrogen) atoms. The predicted octanol–water partition coefficient (Wildman–Crippen LogP) is 2.73. The fourth-order valence-electron chi connectivity index (χ4n) is 3.40. The molecule has 4 heteroatoms. The molecule has 0 spiro atoms. The zero-order valence-electron chi connectivity index (χ0n) is 12.8. The van der Waals surface area contributed by atoms with Gasteiger partial charge in [0.25, 0.3) is 0 Å².